The molecule has 0 aromatic heterocycles. The summed E-state index contributed by atoms with van der Waals surface area (Å²) in [4.78, 5) is 18.3. The summed E-state index contributed by atoms with van der Waals surface area (Å²) in [7, 11) is -3.03. The van der Waals surface area contributed by atoms with Crippen molar-refractivity contribution in [1.82, 2.24) is 0 Å². The maximum absolute atomic E-state index is 12.1. The van der Waals surface area contributed by atoms with Crippen LogP contribution in [0.15, 0.2) is 23.2 Å². The molecule has 0 N–H and O–H groups in total. The molecule has 0 bridgehead atoms. The molecule has 1 aromatic rings. The van der Waals surface area contributed by atoms with E-state index in [1.54, 1.807) is 0 Å². The number of aliphatic imine (C=N–C) groups is 1. The number of carbonyl (C=O) groups is 1. The number of rotatable bonds is 3. The Kier molecular flexibility index (Phi) is 4.75. The number of amides is 1. The van der Waals surface area contributed by atoms with Crippen LogP contribution in [0.4, 0.5) is 5.69 Å². The zero-order chi connectivity index (χ0) is 17.5. The molecule has 2 fully saturated rings. The topological polar surface area (TPSA) is 66.8 Å². The average Bonchev–Trinajstić information content (AvgIpc) is 2.93. The quantitative estimate of drug-likeness (QED) is 0.823. The first-order valence-electron chi connectivity index (χ1n) is 8.16. The number of fused-ring (bicyclic) bond motifs is 1. The number of hydrogen-bond donors (Lipinski definition) is 0. The molecule has 0 saturated carbocycles. The lowest BCUT2D eigenvalue weighted by molar-refractivity contribution is -0.117. The van der Waals surface area contributed by atoms with Gasteiger partial charge in [0, 0.05) is 17.4 Å². The number of nitrogens with zero attached hydrogens (tertiary/aromatic N) is 2. The Balaban J connectivity index is 2.04. The second-order valence-electron chi connectivity index (χ2n) is 6.50. The molecule has 2 atom stereocenters. The molecule has 1 amide bonds. The van der Waals surface area contributed by atoms with Gasteiger partial charge in [0.15, 0.2) is 15.0 Å². The number of amidine groups is 1. The highest BCUT2D eigenvalue weighted by molar-refractivity contribution is 8.16. The van der Waals surface area contributed by atoms with Crippen LogP contribution < -0.4 is 4.90 Å². The third kappa shape index (κ3) is 3.37. The molecule has 0 radical (unpaired) electrons. The molecule has 0 aliphatic carbocycles. The molecule has 0 spiro atoms. The van der Waals surface area contributed by atoms with Gasteiger partial charge in [-0.15, -0.1) is 0 Å². The molecule has 2 saturated heterocycles. The minimum atomic E-state index is -3.03. The standard InChI is InChI=1S/C17H22N2O3S2/c1-4-5-16(20)18-17-19(13-8-11(2)6-7-12(13)3)14-9-24(21,22)10-15(14)23-17/h6-8,14-15H,4-5,9-10H2,1-3H3/t14-,15-/m1/s1. The SMILES string of the molecule is CCCC(=O)N=C1S[C@@H]2CS(=O)(=O)C[C@H]2N1c1cc(C)ccc1C. The number of carbonyl (C=O) groups excluding carboxylic acids is 1. The zero-order valence-electron chi connectivity index (χ0n) is 14.2. The molecule has 1 aromatic carbocycles. The third-order valence-electron chi connectivity index (χ3n) is 4.37. The van der Waals surface area contributed by atoms with Crippen molar-refractivity contribution in [3.8, 4) is 0 Å². The zero-order valence-corrected chi connectivity index (χ0v) is 15.8. The number of benzene rings is 1. The van der Waals surface area contributed by atoms with E-state index in [4.69, 9.17) is 0 Å². The number of anilines is 1. The van der Waals surface area contributed by atoms with Gasteiger partial charge in [-0.05, 0) is 37.5 Å². The van der Waals surface area contributed by atoms with E-state index < -0.39 is 9.84 Å². The third-order valence-corrected chi connectivity index (χ3v) is 7.58. The largest absolute Gasteiger partial charge is 0.315 e. The van der Waals surface area contributed by atoms with Crippen molar-refractivity contribution >= 4 is 38.4 Å². The first kappa shape index (κ1) is 17.5. The predicted molar refractivity (Wildman–Crippen MR) is 99.6 cm³/mol. The Morgan fingerprint density at radius 2 is 2.08 bits per heavy atom. The maximum Gasteiger partial charge on any atom is 0.248 e. The van der Waals surface area contributed by atoms with Crippen molar-refractivity contribution in [2.24, 2.45) is 4.99 Å². The Labute approximate surface area is 147 Å². The molecule has 5 nitrogen and oxygen atoms in total. The molecule has 2 aliphatic rings. The van der Waals surface area contributed by atoms with Gasteiger partial charge in [0.25, 0.3) is 0 Å². The Bertz CT molecular complexity index is 802. The lowest BCUT2D eigenvalue weighted by Crippen LogP contribution is -2.38. The molecule has 3 rings (SSSR count). The van der Waals surface area contributed by atoms with Crippen LogP contribution in [0.1, 0.15) is 30.9 Å². The minimum Gasteiger partial charge on any atom is -0.315 e. The van der Waals surface area contributed by atoms with E-state index in [9.17, 15) is 13.2 Å². The molecule has 2 heterocycles. The van der Waals surface area contributed by atoms with Crippen LogP contribution >= 0.6 is 11.8 Å². The van der Waals surface area contributed by atoms with Crippen LogP contribution in [-0.4, -0.2) is 42.3 Å². The van der Waals surface area contributed by atoms with Crippen molar-refractivity contribution < 1.29 is 13.2 Å². The van der Waals surface area contributed by atoms with Gasteiger partial charge in [0.2, 0.25) is 5.91 Å². The summed E-state index contributed by atoms with van der Waals surface area (Å²) >= 11 is 1.43. The Hall–Kier alpha value is -1.34. The second kappa shape index (κ2) is 6.52. The normalized spacial score (nSPS) is 26.8. The van der Waals surface area contributed by atoms with E-state index >= 15 is 0 Å². The van der Waals surface area contributed by atoms with Crippen molar-refractivity contribution in [2.45, 2.75) is 44.9 Å². The van der Waals surface area contributed by atoms with E-state index in [2.05, 4.69) is 4.99 Å². The van der Waals surface area contributed by atoms with Crippen LogP contribution in [0, 0.1) is 13.8 Å². The second-order valence-corrected chi connectivity index (χ2v) is 9.86. The molecule has 0 unspecified atom stereocenters. The van der Waals surface area contributed by atoms with Crippen LogP contribution in [0.25, 0.3) is 0 Å². The summed E-state index contributed by atoms with van der Waals surface area (Å²) < 4.78 is 24.1. The minimum absolute atomic E-state index is 0.0527. The van der Waals surface area contributed by atoms with Gasteiger partial charge in [-0.1, -0.05) is 30.8 Å². The number of sulfone groups is 1. The monoisotopic (exact) mass is 366 g/mol. The fraction of sp³-hybridized carbons (Fsp3) is 0.529. The first-order chi connectivity index (χ1) is 11.3. The van der Waals surface area contributed by atoms with Crippen LogP contribution in [-0.2, 0) is 14.6 Å². The molecule has 7 heteroatoms. The Morgan fingerprint density at radius 1 is 1.33 bits per heavy atom. The summed E-state index contributed by atoms with van der Waals surface area (Å²) in [6, 6.07) is 5.96. The van der Waals surface area contributed by atoms with E-state index in [1.165, 1.54) is 11.8 Å². The van der Waals surface area contributed by atoms with Crippen molar-refractivity contribution in [2.75, 3.05) is 16.4 Å². The smallest absolute Gasteiger partial charge is 0.248 e. The van der Waals surface area contributed by atoms with Crippen LogP contribution in [0.5, 0.6) is 0 Å². The highest BCUT2D eigenvalue weighted by Crippen LogP contribution is 2.42. The van der Waals surface area contributed by atoms with Gasteiger partial charge in [0.05, 0.1) is 17.5 Å². The highest BCUT2D eigenvalue weighted by atomic mass is 32.2. The fourth-order valence-corrected chi connectivity index (χ4v) is 7.13. The maximum atomic E-state index is 12.1. The molecular weight excluding hydrogens is 344 g/mol. The summed E-state index contributed by atoms with van der Waals surface area (Å²) in [6.45, 7) is 5.96. The molecule has 2 aliphatic heterocycles. The molecular formula is C17H22N2O3S2. The van der Waals surface area contributed by atoms with Crippen LogP contribution in [0.2, 0.25) is 0 Å². The van der Waals surface area contributed by atoms with Gasteiger partial charge < -0.3 is 4.90 Å². The van der Waals surface area contributed by atoms with Crippen molar-refractivity contribution in [3.05, 3.63) is 29.3 Å². The summed E-state index contributed by atoms with van der Waals surface area (Å²) in [5.41, 5.74) is 3.11. The van der Waals surface area contributed by atoms with Gasteiger partial charge in [-0.2, -0.15) is 4.99 Å². The van der Waals surface area contributed by atoms with Gasteiger partial charge in [-0.25, -0.2) is 8.42 Å². The number of hydrogen-bond acceptors (Lipinski definition) is 4. The Morgan fingerprint density at radius 3 is 2.79 bits per heavy atom. The van der Waals surface area contributed by atoms with Crippen molar-refractivity contribution in [1.29, 1.82) is 0 Å². The predicted octanol–water partition coefficient (Wildman–Crippen LogP) is 2.70. The van der Waals surface area contributed by atoms with Crippen LogP contribution in [0.3, 0.4) is 0 Å². The average molecular weight is 367 g/mol. The first-order valence-corrected chi connectivity index (χ1v) is 10.9. The van der Waals surface area contributed by atoms with E-state index in [0.29, 0.717) is 11.6 Å². The molecule has 24 heavy (non-hydrogen) atoms. The lowest BCUT2D eigenvalue weighted by atomic mass is 10.1. The summed E-state index contributed by atoms with van der Waals surface area (Å²) in [5.74, 6) is 0.141. The fourth-order valence-electron chi connectivity index (χ4n) is 3.20. The lowest BCUT2D eigenvalue weighted by Gasteiger charge is -2.26. The number of thioether (sulfide) groups is 1. The van der Waals surface area contributed by atoms with Gasteiger partial charge in [-0.3, -0.25) is 4.79 Å². The summed E-state index contributed by atoms with van der Waals surface area (Å²) in [5, 5.41) is 0.593. The van der Waals surface area contributed by atoms with Crippen molar-refractivity contribution in [3.63, 3.8) is 0 Å². The molecule has 130 valence electrons. The van der Waals surface area contributed by atoms with E-state index in [0.717, 1.165) is 23.2 Å². The highest BCUT2D eigenvalue weighted by Gasteiger charge is 2.49. The van der Waals surface area contributed by atoms with E-state index in [1.807, 2.05) is 43.9 Å². The summed E-state index contributed by atoms with van der Waals surface area (Å²) in [6.07, 6.45) is 1.17. The van der Waals surface area contributed by atoms with E-state index in [-0.39, 0.29) is 28.7 Å². The number of aryl methyl sites for hydroxylation is 2. The van der Waals surface area contributed by atoms with Gasteiger partial charge in [0.1, 0.15) is 0 Å². The van der Waals surface area contributed by atoms with Gasteiger partial charge >= 0.3 is 0 Å².